The van der Waals surface area contributed by atoms with Gasteiger partial charge in [0, 0.05) is 32.0 Å². The fourth-order valence-corrected chi connectivity index (χ4v) is 2.27. The second-order valence-electron chi connectivity index (χ2n) is 5.04. The summed E-state index contributed by atoms with van der Waals surface area (Å²) >= 11 is 5.26. The fourth-order valence-electron chi connectivity index (χ4n) is 2.07. The largest absolute Gasteiger partial charge is 0.385 e. The number of rotatable bonds is 7. The molecule has 0 amide bonds. The Kier molecular flexibility index (Phi) is 6.36. The lowest BCUT2D eigenvalue weighted by molar-refractivity contribution is 0.196. The van der Waals surface area contributed by atoms with Crippen LogP contribution in [0.4, 0.5) is 5.82 Å². The van der Waals surface area contributed by atoms with Crippen molar-refractivity contribution in [1.82, 2.24) is 15.1 Å². The van der Waals surface area contributed by atoms with E-state index in [1.807, 2.05) is 35.9 Å². The fraction of sp³-hybridized carbons (Fsp3) is 0.375. The number of benzene rings is 1. The highest BCUT2D eigenvalue weighted by Gasteiger charge is 2.06. The van der Waals surface area contributed by atoms with Gasteiger partial charge in [-0.2, -0.15) is 5.10 Å². The number of methoxy groups -OCH3 is 1. The third-order valence-corrected chi connectivity index (χ3v) is 3.46. The first kappa shape index (κ1) is 16.5. The minimum absolute atomic E-state index is 0.584. The molecule has 0 aliphatic heterocycles. The summed E-state index contributed by atoms with van der Waals surface area (Å²) in [4.78, 5) is 0. The van der Waals surface area contributed by atoms with E-state index in [9.17, 15) is 0 Å². The van der Waals surface area contributed by atoms with E-state index in [1.54, 1.807) is 7.11 Å². The molecule has 0 fully saturated rings. The summed E-state index contributed by atoms with van der Waals surface area (Å²) in [5, 5.41) is 11.4. The number of anilines is 1. The standard InChI is InChI=1S/C16H22N4OS/c1-13-11-15(18-16(22)17-9-6-10-21-2)19-20(13)12-14-7-4-3-5-8-14/h3-5,7-8,11H,6,9-10,12H2,1-2H3,(H2,17,18,19,22). The number of nitrogens with zero attached hydrogens (tertiary/aromatic N) is 2. The van der Waals surface area contributed by atoms with Crippen LogP contribution >= 0.6 is 12.2 Å². The molecule has 2 aromatic rings. The van der Waals surface area contributed by atoms with Crippen molar-refractivity contribution < 1.29 is 4.74 Å². The van der Waals surface area contributed by atoms with E-state index in [0.29, 0.717) is 5.11 Å². The molecule has 0 radical (unpaired) electrons. The number of aryl methyl sites for hydroxylation is 1. The van der Waals surface area contributed by atoms with Gasteiger partial charge in [-0.05, 0) is 31.1 Å². The lowest BCUT2D eigenvalue weighted by atomic mass is 10.2. The van der Waals surface area contributed by atoms with Gasteiger partial charge in [0.25, 0.3) is 0 Å². The molecule has 6 heteroatoms. The number of hydrogen-bond acceptors (Lipinski definition) is 3. The average Bonchev–Trinajstić information content (AvgIpc) is 2.84. The number of aromatic nitrogens is 2. The lowest BCUT2D eigenvalue weighted by Crippen LogP contribution is -2.30. The highest BCUT2D eigenvalue weighted by Crippen LogP contribution is 2.11. The topological polar surface area (TPSA) is 51.1 Å². The molecule has 1 aromatic carbocycles. The lowest BCUT2D eigenvalue weighted by Gasteiger charge is -2.08. The molecule has 2 rings (SSSR count). The van der Waals surface area contributed by atoms with E-state index in [1.165, 1.54) is 5.56 Å². The van der Waals surface area contributed by atoms with Crippen LogP contribution in [0.1, 0.15) is 17.7 Å². The Morgan fingerprint density at radius 3 is 2.82 bits per heavy atom. The first-order valence-electron chi connectivity index (χ1n) is 7.31. The zero-order valence-electron chi connectivity index (χ0n) is 13.0. The van der Waals surface area contributed by atoms with Crippen molar-refractivity contribution in [3.8, 4) is 0 Å². The SMILES string of the molecule is COCCCNC(=S)Nc1cc(C)n(Cc2ccccc2)n1. The number of nitrogens with one attached hydrogen (secondary N) is 2. The van der Waals surface area contributed by atoms with Gasteiger partial charge in [-0.3, -0.25) is 4.68 Å². The van der Waals surface area contributed by atoms with Gasteiger partial charge in [0.05, 0.1) is 6.54 Å². The van der Waals surface area contributed by atoms with Gasteiger partial charge >= 0.3 is 0 Å². The van der Waals surface area contributed by atoms with Crippen LogP contribution in [0.25, 0.3) is 0 Å². The minimum Gasteiger partial charge on any atom is -0.385 e. The molecule has 5 nitrogen and oxygen atoms in total. The van der Waals surface area contributed by atoms with E-state index < -0.39 is 0 Å². The van der Waals surface area contributed by atoms with Crippen molar-refractivity contribution in [1.29, 1.82) is 0 Å². The van der Waals surface area contributed by atoms with Crippen molar-refractivity contribution in [2.24, 2.45) is 0 Å². The summed E-state index contributed by atoms with van der Waals surface area (Å²) in [6.45, 7) is 4.29. The van der Waals surface area contributed by atoms with Crippen molar-refractivity contribution >= 4 is 23.1 Å². The number of hydrogen-bond donors (Lipinski definition) is 2. The average molecular weight is 318 g/mol. The molecule has 22 heavy (non-hydrogen) atoms. The van der Waals surface area contributed by atoms with Gasteiger partial charge in [-0.1, -0.05) is 30.3 Å². The van der Waals surface area contributed by atoms with E-state index in [0.717, 1.165) is 37.6 Å². The van der Waals surface area contributed by atoms with Crippen LogP contribution in [0.3, 0.4) is 0 Å². The molecule has 2 N–H and O–H groups in total. The summed E-state index contributed by atoms with van der Waals surface area (Å²) in [6, 6.07) is 12.3. The normalized spacial score (nSPS) is 10.5. The molecule has 0 bridgehead atoms. The second kappa shape index (κ2) is 8.51. The van der Waals surface area contributed by atoms with E-state index in [-0.39, 0.29) is 0 Å². The van der Waals surface area contributed by atoms with Crippen molar-refractivity contribution in [3.05, 3.63) is 47.7 Å². The maximum absolute atomic E-state index is 5.26. The Hall–Kier alpha value is -1.92. The highest BCUT2D eigenvalue weighted by atomic mass is 32.1. The maximum atomic E-state index is 5.26. The summed E-state index contributed by atoms with van der Waals surface area (Å²) in [5.41, 5.74) is 2.31. The van der Waals surface area contributed by atoms with Crippen LogP contribution < -0.4 is 10.6 Å². The van der Waals surface area contributed by atoms with Crippen LogP contribution in [0.2, 0.25) is 0 Å². The van der Waals surface area contributed by atoms with Crippen LogP contribution in [0.5, 0.6) is 0 Å². The molecule has 0 unspecified atom stereocenters. The summed E-state index contributed by atoms with van der Waals surface area (Å²) in [7, 11) is 1.69. The first-order chi connectivity index (χ1) is 10.7. The molecular weight excluding hydrogens is 296 g/mol. The van der Waals surface area contributed by atoms with Gasteiger partial charge in [0.15, 0.2) is 10.9 Å². The van der Waals surface area contributed by atoms with Gasteiger partial charge in [0.1, 0.15) is 0 Å². The van der Waals surface area contributed by atoms with Crippen molar-refractivity contribution in [2.75, 3.05) is 25.6 Å². The van der Waals surface area contributed by atoms with Crippen LogP contribution in [-0.2, 0) is 11.3 Å². The molecule has 0 atom stereocenters. The molecule has 0 aliphatic rings. The third kappa shape index (κ3) is 5.13. The molecule has 0 saturated heterocycles. The first-order valence-corrected chi connectivity index (χ1v) is 7.72. The van der Waals surface area contributed by atoms with Crippen molar-refractivity contribution in [3.63, 3.8) is 0 Å². The Labute approximate surface area is 136 Å². The third-order valence-electron chi connectivity index (χ3n) is 3.21. The van der Waals surface area contributed by atoms with Crippen molar-refractivity contribution in [2.45, 2.75) is 19.9 Å². The van der Waals surface area contributed by atoms with Crippen LogP contribution in [-0.4, -0.2) is 35.2 Å². The van der Waals surface area contributed by atoms with Gasteiger partial charge in [-0.25, -0.2) is 0 Å². The number of ether oxygens (including phenoxy) is 1. The summed E-state index contributed by atoms with van der Waals surface area (Å²) in [5.74, 6) is 0.762. The minimum atomic E-state index is 0.584. The predicted molar refractivity (Wildman–Crippen MR) is 93.2 cm³/mol. The Morgan fingerprint density at radius 2 is 2.09 bits per heavy atom. The molecule has 118 valence electrons. The summed E-state index contributed by atoms with van der Waals surface area (Å²) in [6.07, 6.45) is 0.916. The molecule has 1 heterocycles. The molecule has 0 spiro atoms. The Morgan fingerprint density at radius 1 is 1.32 bits per heavy atom. The van der Waals surface area contributed by atoms with E-state index in [2.05, 4.69) is 27.9 Å². The zero-order chi connectivity index (χ0) is 15.8. The Bertz CT molecular complexity index is 597. The zero-order valence-corrected chi connectivity index (χ0v) is 13.8. The molecular formula is C16H22N4OS. The Balaban J connectivity index is 1.88. The molecule has 0 aliphatic carbocycles. The molecule has 1 aromatic heterocycles. The van der Waals surface area contributed by atoms with E-state index >= 15 is 0 Å². The van der Waals surface area contributed by atoms with Crippen LogP contribution in [0.15, 0.2) is 36.4 Å². The second-order valence-corrected chi connectivity index (χ2v) is 5.45. The van der Waals surface area contributed by atoms with Gasteiger partial charge < -0.3 is 15.4 Å². The number of thiocarbonyl (C=S) groups is 1. The molecule has 0 saturated carbocycles. The smallest absolute Gasteiger partial charge is 0.171 e. The maximum Gasteiger partial charge on any atom is 0.171 e. The van der Waals surface area contributed by atoms with Crippen LogP contribution in [0, 0.1) is 6.92 Å². The van der Waals surface area contributed by atoms with Gasteiger partial charge in [-0.15, -0.1) is 0 Å². The quantitative estimate of drug-likeness (QED) is 0.607. The monoisotopic (exact) mass is 318 g/mol. The predicted octanol–water partition coefficient (Wildman–Crippen LogP) is 2.56. The van der Waals surface area contributed by atoms with E-state index in [4.69, 9.17) is 17.0 Å². The highest BCUT2D eigenvalue weighted by molar-refractivity contribution is 7.80. The van der Waals surface area contributed by atoms with Gasteiger partial charge in [0.2, 0.25) is 0 Å². The summed E-state index contributed by atoms with van der Waals surface area (Å²) < 4.78 is 6.96.